The van der Waals surface area contributed by atoms with Crippen LogP contribution in [0.15, 0.2) is 85.1 Å². The molecular formula is C68H123NO8P+. The number of carbonyl (C=O) groups is 2. The number of likely N-dealkylation sites (N-methyl/N-ethyl adjacent to an activating group) is 1. The summed E-state index contributed by atoms with van der Waals surface area (Å²) in [6, 6.07) is 0. The topological polar surface area (TPSA) is 108 Å². The number of quaternary nitrogens is 1. The van der Waals surface area contributed by atoms with Crippen molar-refractivity contribution in [3.8, 4) is 0 Å². The monoisotopic (exact) mass is 1110 g/mol. The zero-order valence-corrected chi connectivity index (χ0v) is 52.3. The number of carbonyl (C=O) groups excluding carboxylic acids is 2. The second kappa shape index (κ2) is 58.8. The quantitative estimate of drug-likeness (QED) is 0.0211. The third-order valence-electron chi connectivity index (χ3n) is 13.9. The molecule has 0 aliphatic carbocycles. The molecule has 0 aromatic carbocycles. The van der Waals surface area contributed by atoms with Crippen molar-refractivity contribution in [1.29, 1.82) is 0 Å². The number of nitrogens with zero attached hydrogens (tertiary/aromatic N) is 1. The zero-order valence-electron chi connectivity index (χ0n) is 51.4. The fraction of sp³-hybridized carbons (Fsp3) is 0.765. The number of phosphoric acid groups is 1. The van der Waals surface area contributed by atoms with Crippen molar-refractivity contribution in [3.63, 3.8) is 0 Å². The van der Waals surface area contributed by atoms with E-state index in [1.54, 1.807) is 0 Å². The van der Waals surface area contributed by atoms with E-state index in [4.69, 9.17) is 18.5 Å². The highest BCUT2D eigenvalue weighted by Crippen LogP contribution is 2.43. The maximum atomic E-state index is 12.8. The highest BCUT2D eigenvalue weighted by Gasteiger charge is 2.27. The van der Waals surface area contributed by atoms with Gasteiger partial charge in [0.05, 0.1) is 27.7 Å². The van der Waals surface area contributed by atoms with E-state index >= 15 is 0 Å². The van der Waals surface area contributed by atoms with Crippen LogP contribution in [0, 0.1) is 0 Å². The Labute approximate surface area is 481 Å². The molecule has 2 unspecified atom stereocenters. The minimum absolute atomic E-state index is 0.0179. The van der Waals surface area contributed by atoms with E-state index in [0.29, 0.717) is 23.9 Å². The van der Waals surface area contributed by atoms with Crippen molar-refractivity contribution < 1.29 is 42.1 Å². The van der Waals surface area contributed by atoms with E-state index in [9.17, 15) is 19.0 Å². The Morgan fingerprint density at radius 2 is 0.731 bits per heavy atom. The van der Waals surface area contributed by atoms with Gasteiger partial charge in [0.1, 0.15) is 19.8 Å². The number of phosphoric ester groups is 1. The lowest BCUT2D eigenvalue weighted by Crippen LogP contribution is -2.37. The molecule has 1 N–H and O–H groups in total. The Hall–Kier alpha value is -2.81. The largest absolute Gasteiger partial charge is 0.472 e. The Kier molecular flexibility index (Phi) is 56.7. The van der Waals surface area contributed by atoms with Crippen LogP contribution in [0.2, 0.25) is 0 Å². The Balaban J connectivity index is 4.12. The predicted molar refractivity (Wildman–Crippen MR) is 335 cm³/mol. The van der Waals surface area contributed by atoms with Crippen LogP contribution in [0.5, 0.6) is 0 Å². The molecule has 0 rings (SSSR count). The average Bonchev–Trinajstić information content (AvgIpc) is 3.40. The molecule has 0 spiro atoms. The maximum absolute atomic E-state index is 12.8. The second-order valence-electron chi connectivity index (χ2n) is 22.8. The first-order valence-corrected chi connectivity index (χ1v) is 33.8. The van der Waals surface area contributed by atoms with Gasteiger partial charge in [-0.3, -0.25) is 18.6 Å². The van der Waals surface area contributed by atoms with Gasteiger partial charge in [0.25, 0.3) is 0 Å². The van der Waals surface area contributed by atoms with E-state index in [1.165, 1.54) is 180 Å². The minimum Gasteiger partial charge on any atom is -0.462 e. The third-order valence-corrected chi connectivity index (χ3v) is 14.9. The van der Waals surface area contributed by atoms with Crippen LogP contribution in [-0.2, 0) is 32.7 Å². The van der Waals surface area contributed by atoms with Crippen LogP contribution in [0.3, 0.4) is 0 Å². The van der Waals surface area contributed by atoms with Crippen molar-refractivity contribution in [2.45, 2.75) is 290 Å². The standard InChI is InChI=1S/C68H122NO8P/c1-6-8-10-12-14-16-18-20-22-24-26-28-30-31-32-33-34-35-36-37-39-40-42-44-46-48-50-52-54-56-58-60-67(70)74-64-66(65-76-78(72,73)75-63-62-69(3,4)5)77-68(71)61-59-57-55-53-51-49-47-45-43-41-38-29-27-25-23-21-19-17-15-13-11-9-7-2/h9,11,15,17,21,23,27,29,41,43,47,49,53,55,66H,6-8,10,12-14,16,18-20,22,24-26,28,30-40,42,44-46,48,50-52,54,56-65H2,1-5H3/p+1/b11-9-,17-15-,23-21-,29-27-,43-41-,49-47-,55-53-. The molecule has 0 bridgehead atoms. The van der Waals surface area contributed by atoms with Crippen LogP contribution < -0.4 is 0 Å². The number of hydrogen-bond donors (Lipinski definition) is 1. The van der Waals surface area contributed by atoms with Gasteiger partial charge in [-0.15, -0.1) is 0 Å². The molecule has 0 heterocycles. The van der Waals surface area contributed by atoms with E-state index in [-0.39, 0.29) is 32.0 Å². The van der Waals surface area contributed by atoms with Gasteiger partial charge in [-0.05, 0) is 64.2 Å². The van der Waals surface area contributed by atoms with Crippen molar-refractivity contribution in [2.75, 3.05) is 47.5 Å². The maximum Gasteiger partial charge on any atom is 0.472 e. The molecule has 0 radical (unpaired) electrons. The Morgan fingerprint density at radius 1 is 0.410 bits per heavy atom. The molecule has 0 saturated heterocycles. The van der Waals surface area contributed by atoms with Gasteiger partial charge in [-0.1, -0.05) is 292 Å². The summed E-state index contributed by atoms with van der Waals surface area (Å²) < 4.78 is 34.6. The number of rotatable bonds is 59. The summed E-state index contributed by atoms with van der Waals surface area (Å²) in [5, 5.41) is 0. The van der Waals surface area contributed by atoms with Gasteiger partial charge >= 0.3 is 19.8 Å². The molecule has 0 aliphatic heterocycles. The minimum atomic E-state index is -4.41. The zero-order chi connectivity index (χ0) is 57.0. The fourth-order valence-corrected chi connectivity index (χ4v) is 9.75. The van der Waals surface area contributed by atoms with Gasteiger partial charge in [0.15, 0.2) is 6.10 Å². The van der Waals surface area contributed by atoms with Crippen LogP contribution in [0.25, 0.3) is 0 Å². The summed E-state index contributed by atoms with van der Waals surface area (Å²) in [6.07, 6.45) is 79.8. The number of allylic oxidation sites excluding steroid dienone is 14. The van der Waals surface area contributed by atoms with Crippen molar-refractivity contribution in [1.82, 2.24) is 0 Å². The highest BCUT2D eigenvalue weighted by atomic mass is 31.2. The van der Waals surface area contributed by atoms with Crippen LogP contribution in [0.4, 0.5) is 0 Å². The third kappa shape index (κ3) is 62.4. The highest BCUT2D eigenvalue weighted by molar-refractivity contribution is 7.47. The lowest BCUT2D eigenvalue weighted by Gasteiger charge is -2.24. The second-order valence-corrected chi connectivity index (χ2v) is 24.2. The molecule has 0 saturated carbocycles. The molecule has 0 aromatic heterocycles. The molecule has 0 fully saturated rings. The van der Waals surface area contributed by atoms with E-state index in [0.717, 1.165) is 64.2 Å². The fourth-order valence-electron chi connectivity index (χ4n) is 9.01. The summed E-state index contributed by atoms with van der Waals surface area (Å²) in [4.78, 5) is 35.7. The van der Waals surface area contributed by atoms with Crippen molar-refractivity contribution >= 4 is 19.8 Å². The molecule has 0 aromatic rings. The average molecular weight is 1110 g/mol. The number of unbranched alkanes of at least 4 members (excludes halogenated alkanes) is 31. The normalized spacial score (nSPS) is 13.8. The van der Waals surface area contributed by atoms with Crippen LogP contribution in [-0.4, -0.2) is 74.9 Å². The number of ether oxygens (including phenoxy) is 2. The van der Waals surface area contributed by atoms with Gasteiger partial charge in [-0.25, -0.2) is 4.57 Å². The Bertz CT molecular complexity index is 1590. The molecule has 0 amide bonds. The molecule has 452 valence electrons. The van der Waals surface area contributed by atoms with E-state index in [2.05, 4.69) is 98.9 Å². The molecule has 0 aliphatic rings. The van der Waals surface area contributed by atoms with Crippen LogP contribution >= 0.6 is 7.82 Å². The molecule has 10 heteroatoms. The molecule has 78 heavy (non-hydrogen) atoms. The first-order valence-electron chi connectivity index (χ1n) is 32.3. The van der Waals surface area contributed by atoms with E-state index < -0.39 is 26.5 Å². The summed E-state index contributed by atoms with van der Waals surface area (Å²) in [5.74, 6) is -0.861. The van der Waals surface area contributed by atoms with E-state index in [1.807, 2.05) is 21.1 Å². The lowest BCUT2D eigenvalue weighted by molar-refractivity contribution is -0.870. The molecule has 2 atom stereocenters. The summed E-state index contributed by atoms with van der Waals surface area (Å²) in [5.41, 5.74) is 0. The van der Waals surface area contributed by atoms with Crippen molar-refractivity contribution in [2.24, 2.45) is 0 Å². The van der Waals surface area contributed by atoms with Gasteiger partial charge in [-0.2, -0.15) is 0 Å². The SMILES string of the molecule is CC/C=C\C/C=C\C/C=C\C/C=C\C/C=C\C/C=C\C/C=C\CCCC(=O)OC(COC(=O)CCCCCCCCCCCCCCCCCCCCCCCCCCCCCCCCC)COP(=O)(O)OCC[N+](C)(C)C. The summed E-state index contributed by atoms with van der Waals surface area (Å²) in [7, 11) is 1.44. The van der Waals surface area contributed by atoms with Gasteiger partial charge in [0.2, 0.25) is 0 Å². The number of hydrogen-bond acceptors (Lipinski definition) is 7. The van der Waals surface area contributed by atoms with Gasteiger partial charge in [0, 0.05) is 12.8 Å². The first kappa shape index (κ1) is 75.2. The summed E-state index contributed by atoms with van der Waals surface area (Å²) >= 11 is 0. The smallest absolute Gasteiger partial charge is 0.462 e. The Morgan fingerprint density at radius 3 is 1.08 bits per heavy atom. The van der Waals surface area contributed by atoms with Crippen molar-refractivity contribution in [3.05, 3.63) is 85.1 Å². The van der Waals surface area contributed by atoms with Crippen LogP contribution in [0.1, 0.15) is 284 Å². The van der Waals surface area contributed by atoms with Gasteiger partial charge < -0.3 is 18.9 Å². The molecular weight excluding hydrogens is 990 g/mol. The molecule has 9 nitrogen and oxygen atoms in total. The number of esters is 2. The first-order chi connectivity index (χ1) is 38.0. The lowest BCUT2D eigenvalue weighted by atomic mass is 10.0. The predicted octanol–water partition coefficient (Wildman–Crippen LogP) is 20.6. The summed E-state index contributed by atoms with van der Waals surface area (Å²) in [6.45, 7) is 4.28.